The average Bonchev–Trinajstić information content (AvgIpc) is 3.10. The van der Waals surface area contributed by atoms with Gasteiger partial charge >= 0.3 is 0 Å². The number of rotatable bonds is 3. The van der Waals surface area contributed by atoms with E-state index in [-0.39, 0.29) is 5.91 Å². The quantitative estimate of drug-likeness (QED) is 0.776. The lowest BCUT2D eigenvalue weighted by Crippen LogP contribution is -2.12. The molecule has 1 amide bonds. The van der Waals surface area contributed by atoms with Crippen molar-refractivity contribution in [3.05, 3.63) is 58.9 Å². The van der Waals surface area contributed by atoms with Crippen LogP contribution in [0.2, 0.25) is 0 Å². The van der Waals surface area contributed by atoms with Crippen LogP contribution in [0.3, 0.4) is 0 Å². The number of para-hydroxylation sites is 1. The molecule has 0 unspecified atom stereocenters. The van der Waals surface area contributed by atoms with Gasteiger partial charge in [-0.05, 0) is 23.6 Å². The summed E-state index contributed by atoms with van der Waals surface area (Å²) in [5.41, 5.74) is 7.20. The van der Waals surface area contributed by atoms with Gasteiger partial charge in [-0.15, -0.1) is 16.4 Å². The van der Waals surface area contributed by atoms with E-state index in [1.54, 1.807) is 16.9 Å². The molecule has 0 fully saturated rings. The molecule has 0 spiro atoms. The Morgan fingerprint density at radius 3 is 2.70 bits per heavy atom. The van der Waals surface area contributed by atoms with Crippen molar-refractivity contribution in [1.29, 1.82) is 0 Å². The van der Waals surface area contributed by atoms with E-state index in [0.29, 0.717) is 16.4 Å². The number of thiophene rings is 1. The van der Waals surface area contributed by atoms with E-state index >= 15 is 0 Å². The van der Waals surface area contributed by atoms with Gasteiger partial charge in [-0.2, -0.15) is 0 Å². The summed E-state index contributed by atoms with van der Waals surface area (Å²) in [6.07, 6.45) is 1.68. The largest absolute Gasteiger partial charge is 0.394 e. The molecule has 0 saturated heterocycles. The van der Waals surface area contributed by atoms with Crippen molar-refractivity contribution < 1.29 is 4.79 Å². The molecule has 0 bridgehead atoms. The Bertz CT molecular complexity index is 719. The molecule has 1 aromatic carbocycles. The average molecular weight is 284 g/mol. The SMILES string of the molecule is Nc1cn(-c2ccccc2)nc1NC(=O)c1cccs1. The van der Waals surface area contributed by atoms with E-state index in [0.717, 1.165) is 5.69 Å². The molecule has 0 aliphatic heterocycles. The Labute approximate surface area is 119 Å². The molecule has 0 saturated carbocycles. The Hall–Kier alpha value is -2.60. The number of benzene rings is 1. The van der Waals surface area contributed by atoms with Crippen LogP contribution >= 0.6 is 11.3 Å². The third-order valence-corrected chi connectivity index (χ3v) is 3.61. The molecule has 6 heteroatoms. The molecular formula is C14H12N4OS. The van der Waals surface area contributed by atoms with Gasteiger partial charge in [0.2, 0.25) is 0 Å². The van der Waals surface area contributed by atoms with E-state index in [9.17, 15) is 4.79 Å². The van der Waals surface area contributed by atoms with Gasteiger partial charge in [0, 0.05) is 0 Å². The van der Waals surface area contributed by atoms with Crippen LogP contribution in [0.5, 0.6) is 0 Å². The number of carbonyl (C=O) groups is 1. The molecule has 3 N–H and O–H groups in total. The van der Waals surface area contributed by atoms with Crippen LogP contribution in [0.1, 0.15) is 9.67 Å². The summed E-state index contributed by atoms with van der Waals surface area (Å²) in [6.45, 7) is 0. The molecule has 20 heavy (non-hydrogen) atoms. The lowest BCUT2D eigenvalue weighted by molar-refractivity contribution is 0.103. The second kappa shape index (κ2) is 5.18. The number of amides is 1. The second-order valence-electron chi connectivity index (χ2n) is 4.14. The minimum Gasteiger partial charge on any atom is -0.394 e. The fraction of sp³-hybridized carbons (Fsp3) is 0. The molecule has 0 radical (unpaired) electrons. The number of aromatic nitrogens is 2. The fourth-order valence-corrected chi connectivity index (χ4v) is 2.39. The lowest BCUT2D eigenvalue weighted by Gasteiger charge is -2.01. The first-order valence-electron chi connectivity index (χ1n) is 5.99. The summed E-state index contributed by atoms with van der Waals surface area (Å²) in [5, 5.41) is 8.86. The van der Waals surface area contributed by atoms with Gasteiger partial charge in [-0.25, -0.2) is 4.68 Å². The fourth-order valence-electron chi connectivity index (χ4n) is 1.77. The summed E-state index contributed by atoms with van der Waals surface area (Å²) in [7, 11) is 0. The number of anilines is 2. The van der Waals surface area contributed by atoms with Crippen LogP contribution in [0, 0.1) is 0 Å². The van der Waals surface area contributed by atoms with E-state index < -0.39 is 0 Å². The number of hydrogen-bond donors (Lipinski definition) is 2. The van der Waals surface area contributed by atoms with E-state index in [1.165, 1.54) is 11.3 Å². The predicted molar refractivity (Wildman–Crippen MR) is 80.2 cm³/mol. The highest BCUT2D eigenvalue weighted by molar-refractivity contribution is 7.12. The minimum absolute atomic E-state index is 0.204. The molecule has 0 atom stereocenters. The van der Waals surface area contributed by atoms with Gasteiger partial charge in [-0.1, -0.05) is 24.3 Å². The smallest absolute Gasteiger partial charge is 0.266 e. The van der Waals surface area contributed by atoms with Crippen LogP contribution in [0.25, 0.3) is 5.69 Å². The predicted octanol–water partition coefficient (Wildman–Crippen LogP) is 2.77. The van der Waals surface area contributed by atoms with Gasteiger partial charge in [0.25, 0.3) is 5.91 Å². The van der Waals surface area contributed by atoms with Crippen molar-refractivity contribution in [2.45, 2.75) is 0 Å². The van der Waals surface area contributed by atoms with Crippen molar-refractivity contribution in [2.75, 3.05) is 11.1 Å². The summed E-state index contributed by atoms with van der Waals surface area (Å²) in [4.78, 5) is 12.6. The van der Waals surface area contributed by atoms with Crippen molar-refractivity contribution in [2.24, 2.45) is 0 Å². The van der Waals surface area contributed by atoms with Crippen molar-refractivity contribution >= 4 is 28.7 Å². The molecule has 0 aliphatic rings. The molecule has 3 rings (SSSR count). The molecular weight excluding hydrogens is 272 g/mol. The van der Waals surface area contributed by atoms with Crippen molar-refractivity contribution in [3.8, 4) is 5.69 Å². The van der Waals surface area contributed by atoms with Crippen molar-refractivity contribution in [3.63, 3.8) is 0 Å². The van der Waals surface area contributed by atoms with Crippen LogP contribution in [-0.4, -0.2) is 15.7 Å². The zero-order valence-electron chi connectivity index (χ0n) is 10.5. The van der Waals surface area contributed by atoms with Gasteiger partial charge in [0.1, 0.15) is 0 Å². The highest BCUT2D eigenvalue weighted by Crippen LogP contribution is 2.20. The standard InChI is InChI=1S/C14H12N4OS/c15-11-9-18(10-5-2-1-3-6-10)17-13(11)16-14(19)12-7-4-8-20-12/h1-9H,15H2,(H,16,17,19). The zero-order valence-corrected chi connectivity index (χ0v) is 11.3. The topological polar surface area (TPSA) is 72.9 Å². The third-order valence-electron chi connectivity index (χ3n) is 2.74. The lowest BCUT2D eigenvalue weighted by atomic mass is 10.3. The van der Waals surface area contributed by atoms with Gasteiger partial charge in [0.05, 0.1) is 22.4 Å². The van der Waals surface area contributed by atoms with Crippen LogP contribution in [-0.2, 0) is 0 Å². The van der Waals surface area contributed by atoms with Crippen LogP contribution < -0.4 is 11.1 Å². The number of hydrogen-bond acceptors (Lipinski definition) is 4. The van der Waals surface area contributed by atoms with E-state index in [1.807, 2.05) is 41.8 Å². The highest BCUT2D eigenvalue weighted by Gasteiger charge is 2.12. The highest BCUT2D eigenvalue weighted by atomic mass is 32.1. The monoisotopic (exact) mass is 284 g/mol. The van der Waals surface area contributed by atoms with Crippen LogP contribution in [0.15, 0.2) is 54.0 Å². The number of nitrogen functional groups attached to an aromatic ring is 1. The molecule has 0 aliphatic carbocycles. The third kappa shape index (κ3) is 2.41. The Morgan fingerprint density at radius 1 is 1.20 bits per heavy atom. The molecule has 2 aromatic heterocycles. The minimum atomic E-state index is -0.204. The number of nitrogens with one attached hydrogen (secondary N) is 1. The summed E-state index contributed by atoms with van der Waals surface area (Å²) in [5.74, 6) is 0.164. The van der Waals surface area contributed by atoms with Gasteiger partial charge < -0.3 is 11.1 Å². The van der Waals surface area contributed by atoms with Crippen LogP contribution in [0.4, 0.5) is 11.5 Å². The summed E-state index contributed by atoms with van der Waals surface area (Å²) in [6, 6.07) is 13.2. The number of nitrogens with zero attached hydrogens (tertiary/aromatic N) is 2. The molecule has 2 heterocycles. The zero-order chi connectivity index (χ0) is 13.9. The van der Waals surface area contributed by atoms with Gasteiger partial charge in [0.15, 0.2) is 5.82 Å². The maximum atomic E-state index is 12.0. The van der Waals surface area contributed by atoms with Gasteiger partial charge in [-0.3, -0.25) is 4.79 Å². The number of carbonyl (C=O) groups excluding carboxylic acids is 1. The Kier molecular flexibility index (Phi) is 3.22. The molecule has 3 aromatic rings. The summed E-state index contributed by atoms with van der Waals surface area (Å²) >= 11 is 1.37. The first-order chi connectivity index (χ1) is 9.74. The maximum absolute atomic E-state index is 12.0. The van der Waals surface area contributed by atoms with E-state index in [2.05, 4.69) is 10.4 Å². The second-order valence-corrected chi connectivity index (χ2v) is 5.09. The molecule has 100 valence electrons. The first kappa shape index (κ1) is 12.4. The van der Waals surface area contributed by atoms with Crippen molar-refractivity contribution in [1.82, 2.24) is 9.78 Å². The van der Waals surface area contributed by atoms with E-state index in [4.69, 9.17) is 5.73 Å². The number of nitrogens with two attached hydrogens (primary N) is 1. The Balaban J connectivity index is 1.85. The Morgan fingerprint density at radius 2 is 2.00 bits per heavy atom. The molecule has 5 nitrogen and oxygen atoms in total. The summed E-state index contributed by atoms with van der Waals surface area (Å²) < 4.78 is 1.64. The normalized spacial score (nSPS) is 10.4. The maximum Gasteiger partial charge on any atom is 0.266 e. The first-order valence-corrected chi connectivity index (χ1v) is 6.87.